The Kier molecular flexibility index (Phi) is 5.40. The Morgan fingerprint density at radius 2 is 1.73 bits per heavy atom. The number of hydrogen-bond acceptors (Lipinski definition) is 3. The Morgan fingerprint density at radius 3 is 2.40 bits per heavy atom. The zero-order valence-electron chi connectivity index (χ0n) is 16.8. The molecule has 1 amide bonds. The smallest absolute Gasteiger partial charge is 0.226 e. The Bertz CT molecular complexity index is 1070. The first-order valence-corrected chi connectivity index (χ1v) is 11.8. The maximum Gasteiger partial charge on any atom is 0.226 e. The molecule has 2 fully saturated rings. The second-order valence-corrected chi connectivity index (χ2v) is 10.1. The minimum absolute atomic E-state index is 0.0145. The maximum absolute atomic E-state index is 14.4. The Morgan fingerprint density at radius 1 is 1.07 bits per heavy atom. The number of carbonyl (C=O) groups excluding carboxylic acids is 1. The van der Waals surface area contributed by atoms with Crippen molar-refractivity contribution in [2.24, 2.45) is 11.8 Å². The lowest BCUT2D eigenvalue weighted by Gasteiger charge is -2.17. The first-order chi connectivity index (χ1) is 14.2. The molecule has 0 aromatic heterocycles. The molecule has 5 nitrogen and oxygen atoms in total. The largest absolute Gasteiger partial charge is 0.341 e. The molecule has 4 atom stereocenters. The van der Waals surface area contributed by atoms with Gasteiger partial charge >= 0.3 is 0 Å². The summed E-state index contributed by atoms with van der Waals surface area (Å²) in [4.78, 5) is 14.7. The number of rotatable bonds is 5. The molecule has 0 unspecified atom stereocenters. The van der Waals surface area contributed by atoms with E-state index >= 15 is 0 Å². The summed E-state index contributed by atoms with van der Waals surface area (Å²) in [7, 11) is -3.35. The van der Waals surface area contributed by atoms with Gasteiger partial charge in [0.1, 0.15) is 11.6 Å². The molecule has 2 aromatic rings. The van der Waals surface area contributed by atoms with E-state index in [1.165, 1.54) is 18.2 Å². The van der Waals surface area contributed by atoms with Gasteiger partial charge in [-0.05, 0) is 41.5 Å². The van der Waals surface area contributed by atoms with Crippen LogP contribution in [0.1, 0.15) is 24.8 Å². The van der Waals surface area contributed by atoms with E-state index in [0.717, 1.165) is 11.8 Å². The Labute approximate surface area is 175 Å². The van der Waals surface area contributed by atoms with Gasteiger partial charge in [0.15, 0.2) is 0 Å². The van der Waals surface area contributed by atoms with E-state index in [0.29, 0.717) is 25.1 Å². The lowest BCUT2D eigenvalue weighted by molar-refractivity contribution is -0.131. The van der Waals surface area contributed by atoms with Gasteiger partial charge in [-0.2, -0.15) is 0 Å². The van der Waals surface area contributed by atoms with Crippen LogP contribution in [0, 0.1) is 23.5 Å². The molecular weight excluding hydrogens is 410 g/mol. The molecule has 2 aromatic carbocycles. The van der Waals surface area contributed by atoms with Crippen molar-refractivity contribution < 1.29 is 22.0 Å². The summed E-state index contributed by atoms with van der Waals surface area (Å²) in [6.07, 6.45) is 1.72. The number of nitrogens with one attached hydrogen (secondary N) is 1. The third-order valence-electron chi connectivity index (χ3n) is 5.99. The molecule has 30 heavy (non-hydrogen) atoms. The number of hydrogen-bond donors (Lipinski definition) is 1. The highest BCUT2D eigenvalue weighted by Crippen LogP contribution is 2.51. The highest BCUT2D eigenvalue weighted by molar-refractivity contribution is 7.88. The zero-order valence-corrected chi connectivity index (χ0v) is 17.6. The van der Waals surface area contributed by atoms with Crippen LogP contribution in [0.3, 0.4) is 0 Å². The fourth-order valence-electron chi connectivity index (χ4n) is 4.42. The van der Waals surface area contributed by atoms with Crippen LogP contribution in [0.5, 0.6) is 0 Å². The van der Waals surface area contributed by atoms with E-state index in [1.807, 2.05) is 13.0 Å². The predicted molar refractivity (Wildman–Crippen MR) is 110 cm³/mol. The van der Waals surface area contributed by atoms with Gasteiger partial charge in [0.2, 0.25) is 15.9 Å². The number of carbonyl (C=O) groups is 1. The van der Waals surface area contributed by atoms with Crippen molar-refractivity contribution in [2.75, 3.05) is 19.3 Å². The van der Waals surface area contributed by atoms with Gasteiger partial charge in [0.05, 0.1) is 11.8 Å². The van der Waals surface area contributed by atoms with Crippen molar-refractivity contribution >= 4 is 15.9 Å². The number of likely N-dealkylation sites (tertiary alicyclic amines) is 1. The molecule has 1 heterocycles. The van der Waals surface area contributed by atoms with Crippen LogP contribution in [0.2, 0.25) is 0 Å². The molecule has 0 bridgehead atoms. The summed E-state index contributed by atoms with van der Waals surface area (Å²) in [6, 6.07) is 10.5. The number of amides is 1. The van der Waals surface area contributed by atoms with Crippen LogP contribution in [0.4, 0.5) is 8.78 Å². The summed E-state index contributed by atoms with van der Waals surface area (Å²) in [5.74, 6) is -1.65. The van der Waals surface area contributed by atoms with Gasteiger partial charge in [-0.3, -0.25) is 4.79 Å². The van der Waals surface area contributed by atoms with Crippen LogP contribution < -0.4 is 4.72 Å². The van der Waals surface area contributed by atoms with Crippen molar-refractivity contribution in [1.82, 2.24) is 9.62 Å². The lowest BCUT2D eigenvalue weighted by Crippen LogP contribution is -2.40. The fourth-order valence-corrected chi connectivity index (χ4v) is 5.28. The molecule has 1 aliphatic carbocycles. The third kappa shape index (κ3) is 4.11. The predicted octanol–water partition coefficient (Wildman–Crippen LogP) is 3.13. The molecule has 160 valence electrons. The fraction of sp³-hybridized carbons (Fsp3) is 0.409. The molecule has 2 aliphatic rings. The van der Waals surface area contributed by atoms with E-state index in [2.05, 4.69) is 4.72 Å². The molecule has 4 rings (SSSR count). The van der Waals surface area contributed by atoms with E-state index < -0.39 is 21.7 Å². The van der Waals surface area contributed by atoms with Crippen LogP contribution in [0.25, 0.3) is 11.1 Å². The third-order valence-corrected chi connectivity index (χ3v) is 6.72. The van der Waals surface area contributed by atoms with Crippen molar-refractivity contribution in [3.8, 4) is 11.1 Å². The van der Waals surface area contributed by atoms with Crippen molar-refractivity contribution in [3.05, 3.63) is 59.7 Å². The zero-order chi connectivity index (χ0) is 21.6. The highest BCUT2D eigenvalue weighted by atomic mass is 32.2. The van der Waals surface area contributed by atoms with Crippen LogP contribution in [-0.4, -0.2) is 44.6 Å². The van der Waals surface area contributed by atoms with Crippen LogP contribution in [-0.2, 0) is 14.8 Å². The average Bonchev–Trinajstić information content (AvgIpc) is 3.38. The normalized spacial score (nSPS) is 26.1. The van der Waals surface area contributed by atoms with Gasteiger partial charge in [-0.25, -0.2) is 21.9 Å². The second-order valence-electron chi connectivity index (χ2n) is 8.35. The van der Waals surface area contributed by atoms with E-state index in [9.17, 15) is 22.0 Å². The Hall–Kier alpha value is -2.32. The number of halogens is 2. The molecule has 1 saturated carbocycles. The first kappa shape index (κ1) is 20.9. The molecule has 8 heteroatoms. The average molecular weight is 435 g/mol. The lowest BCUT2D eigenvalue weighted by atomic mass is 9.95. The van der Waals surface area contributed by atoms with Crippen molar-refractivity contribution in [3.63, 3.8) is 0 Å². The molecule has 0 radical (unpaired) electrons. The molecule has 1 N–H and O–H groups in total. The van der Waals surface area contributed by atoms with Crippen molar-refractivity contribution in [1.29, 1.82) is 0 Å². The maximum atomic E-state index is 14.4. The highest BCUT2D eigenvalue weighted by Gasteiger charge is 2.48. The van der Waals surface area contributed by atoms with E-state index in [1.54, 1.807) is 23.1 Å². The summed E-state index contributed by atoms with van der Waals surface area (Å²) >= 11 is 0. The van der Waals surface area contributed by atoms with Gasteiger partial charge in [-0.15, -0.1) is 0 Å². The Balaban J connectivity index is 1.53. The van der Waals surface area contributed by atoms with Gasteiger partial charge < -0.3 is 4.90 Å². The van der Waals surface area contributed by atoms with Crippen molar-refractivity contribution in [2.45, 2.75) is 25.3 Å². The monoisotopic (exact) mass is 434 g/mol. The second kappa shape index (κ2) is 7.74. The SMILES string of the molecule is C[C@@H]1CN(C(=O)[C@@H]2C[C@H]2c2ccccc2-c2c(F)cccc2F)C[C@H]1NS(C)(=O)=O. The summed E-state index contributed by atoms with van der Waals surface area (Å²) in [6.45, 7) is 2.73. The van der Waals surface area contributed by atoms with Crippen LogP contribution in [0.15, 0.2) is 42.5 Å². The summed E-state index contributed by atoms with van der Waals surface area (Å²) < 4.78 is 54.4. The minimum Gasteiger partial charge on any atom is -0.341 e. The molecular formula is C22H24F2N2O3S. The quantitative estimate of drug-likeness (QED) is 0.786. The summed E-state index contributed by atoms with van der Waals surface area (Å²) in [5, 5.41) is 0. The standard InChI is InChI=1S/C22H24F2N2O3S/c1-13-11-26(12-20(13)25-30(2,28)29)22(27)17-10-16(17)14-6-3-4-7-15(14)21-18(23)8-5-9-19(21)24/h3-9,13,16-17,20,25H,10-12H2,1-2H3/t13-,16+,17-,20-/m1/s1. The number of nitrogens with zero attached hydrogens (tertiary/aromatic N) is 1. The van der Waals surface area contributed by atoms with Gasteiger partial charge in [0, 0.05) is 25.0 Å². The van der Waals surface area contributed by atoms with Gasteiger partial charge in [-0.1, -0.05) is 37.3 Å². The molecule has 1 aliphatic heterocycles. The summed E-state index contributed by atoms with van der Waals surface area (Å²) in [5.41, 5.74) is 1.16. The topological polar surface area (TPSA) is 66.5 Å². The number of sulfonamides is 1. The number of benzene rings is 2. The molecule has 1 saturated heterocycles. The van der Waals surface area contributed by atoms with Crippen LogP contribution >= 0.6 is 0 Å². The first-order valence-electron chi connectivity index (χ1n) is 9.95. The molecule has 0 spiro atoms. The minimum atomic E-state index is -3.35. The van der Waals surface area contributed by atoms with E-state index in [4.69, 9.17) is 0 Å². The van der Waals surface area contributed by atoms with Gasteiger partial charge in [0.25, 0.3) is 0 Å². The van der Waals surface area contributed by atoms with E-state index in [-0.39, 0.29) is 35.3 Å².